The molecule has 1 heterocycles. The zero-order chi connectivity index (χ0) is 11.0. The van der Waals surface area contributed by atoms with Crippen LogP contribution in [0.4, 0.5) is 0 Å². The van der Waals surface area contributed by atoms with Gasteiger partial charge in [-0.15, -0.1) is 0 Å². The number of nitrogens with zero attached hydrogens (tertiary/aromatic N) is 2. The molecule has 0 unspecified atom stereocenters. The van der Waals surface area contributed by atoms with Crippen LogP contribution in [-0.4, -0.2) is 9.13 Å². The van der Waals surface area contributed by atoms with Crippen LogP contribution in [0.25, 0.3) is 0 Å². The first-order valence-electron chi connectivity index (χ1n) is 5.15. The predicted octanol–water partition coefficient (Wildman–Crippen LogP) is 3.15. The topological polar surface area (TPSA) is 9.86 Å². The molecule has 0 atom stereocenters. The second kappa shape index (κ2) is 4.08. The van der Waals surface area contributed by atoms with E-state index in [0.29, 0.717) is 12.1 Å². The number of aromatic nitrogens is 2. The summed E-state index contributed by atoms with van der Waals surface area (Å²) in [5.41, 5.74) is 2.66. The van der Waals surface area contributed by atoms with Gasteiger partial charge in [-0.25, -0.2) is 0 Å². The fourth-order valence-electron chi connectivity index (χ4n) is 1.92. The van der Waals surface area contributed by atoms with Crippen molar-refractivity contribution in [1.29, 1.82) is 0 Å². The van der Waals surface area contributed by atoms with Gasteiger partial charge in [-0.2, -0.15) is 0 Å². The van der Waals surface area contributed by atoms with Gasteiger partial charge in [0, 0.05) is 0 Å². The Morgan fingerprint density at radius 3 is 1.29 bits per heavy atom. The molecule has 0 bridgehead atoms. The summed E-state index contributed by atoms with van der Waals surface area (Å²) in [4.78, 5) is 0. The summed E-state index contributed by atoms with van der Waals surface area (Å²) < 4.78 is 5.72. The van der Waals surface area contributed by atoms with Crippen LogP contribution >= 0.6 is 0 Å². The Labute approximate surface area is 94.3 Å². The van der Waals surface area contributed by atoms with Gasteiger partial charge in [0.05, 0.1) is 0 Å². The van der Waals surface area contributed by atoms with Crippen LogP contribution in [0.1, 0.15) is 51.2 Å². The van der Waals surface area contributed by atoms with E-state index in [4.69, 9.17) is 0 Å². The fourth-order valence-corrected chi connectivity index (χ4v) is 2.86. The summed E-state index contributed by atoms with van der Waals surface area (Å²) in [6, 6.07) is 0.974. The standard InChI is InChI=1S/C11H20N2.Fe/c1-8(2)12-7-13(9(3)4)11(6)10(12)5;/h8-9H,1-6H3;/q;+1. The molecule has 0 N–H and O–H groups in total. The molecule has 0 radical (unpaired) electrons. The summed E-state index contributed by atoms with van der Waals surface area (Å²) in [5, 5.41) is 0. The van der Waals surface area contributed by atoms with Crippen molar-refractivity contribution >= 4 is 0 Å². The molecule has 0 saturated heterocycles. The molecule has 0 fully saturated rings. The molecule has 1 aromatic rings. The van der Waals surface area contributed by atoms with Gasteiger partial charge >= 0.3 is 94.0 Å². The Hall–Kier alpha value is -0.271. The molecule has 1 aromatic heterocycles. The molecule has 0 spiro atoms. The second-order valence-corrected chi connectivity index (χ2v) is 4.85. The van der Waals surface area contributed by atoms with Crippen LogP contribution < -0.4 is 0 Å². The Kier molecular flexibility index (Phi) is 3.44. The van der Waals surface area contributed by atoms with E-state index in [0.717, 1.165) is 4.32 Å². The molecule has 0 saturated carbocycles. The third kappa shape index (κ3) is 1.76. The summed E-state index contributed by atoms with van der Waals surface area (Å²) >= 11 is 4.17. The minimum absolute atomic E-state index is 0.487. The van der Waals surface area contributed by atoms with Gasteiger partial charge in [-0.3, -0.25) is 0 Å². The van der Waals surface area contributed by atoms with E-state index in [1.165, 1.54) is 11.4 Å². The third-order valence-electron chi connectivity index (χ3n) is 2.66. The summed E-state index contributed by atoms with van der Waals surface area (Å²) in [6.07, 6.45) is 0. The van der Waals surface area contributed by atoms with Crippen LogP contribution in [0.5, 0.6) is 0 Å². The van der Waals surface area contributed by atoms with Gasteiger partial charge in [0.15, 0.2) is 0 Å². The SMILES string of the molecule is Cc1c(C)n(C(C)C)[c](=[Fe+])n1C(C)C. The Bertz CT molecular complexity index is 348. The van der Waals surface area contributed by atoms with Crippen molar-refractivity contribution in [2.24, 2.45) is 0 Å². The summed E-state index contributed by atoms with van der Waals surface area (Å²) in [6.45, 7) is 13.1. The van der Waals surface area contributed by atoms with Crippen molar-refractivity contribution in [2.75, 3.05) is 0 Å². The third-order valence-corrected chi connectivity index (χ3v) is 3.20. The molecule has 0 aromatic carbocycles. The van der Waals surface area contributed by atoms with Gasteiger partial charge in [-0.05, 0) is 0 Å². The number of imidazole rings is 1. The van der Waals surface area contributed by atoms with E-state index in [1.54, 1.807) is 0 Å². The molecule has 14 heavy (non-hydrogen) atoms. The Balaban J connectivity index is 3.50. The number of hydrogen-bond acceptors (Lipinski definition) is 0. The van der Waals surface area contributed by atoms with Gasteiger partial charge in [0.2, 0.25) is 0 Å². The molecule has 2 nitrogen and oxygen atoms in total. The maximum absolute atomic E-state index is 4.17. The molecule has 0 aliphatic heterocycles. The molecule has 0 aliphatic carbocycles. The Morgan fingerprint density at radius 2 is 1.14 bits per heavy atom. The zero-order valence-corrected chi connectivity index (χ0v) is 11.0. The quantitative estimate of drug-likeness (QED) is 0.698. The van der Waals surface area contributed by atoms with E-state index in [9.17, 15) is 0 Å². The number of rotatable bonds is 2. The summed E-state index contributed by atoms with van der Waals surface area (Å²) in [5.74, 6) is 0. The van der Waals surface area contributed by atoms with Gasteiger partial charge in [-0.1, -0.05) is 0 Å². The molecule has 81 valence electrons. The first-order chi connectivity index (χ1) is 6.37. The molecular formula is C11H20FeN2+. The minimum atomic E-state index is 0.487. The maximum atomic E-state index is 4.17. The molecular weight excluding hydrogens is 216 g/mol. The van der Waals surface area contributed by atoms with Crippen LogP contribution in [0.15, 0.2) is 0 Å². The van der Waals surface area contributed by atoms with E-state index in [2.05, 4.69) is 66.3 Å². The van der Waals surface area contributed by atoms with E-state index < -0.39 is 0 Å². The van der Waals surface area contributed by atoms with Crippen LogP contribution in [-0.2, 0) is 15.6 Å². The van der Waals surface area contributed by atoms with Crippen molar-refractivity contribution in [3.63, 3.8) is 0 Å². The fraction of sp³-hybridized carbons (Fsp3) is 0.727. The van der Waals surface area contributed by atoms with Gasteiger partial charge in [0.25, 0.3) is 0 Å². The molecule has 0 aliphatic rings. The van der Waals surface area contributed by atoms with Crippen LogP contribution in [0.3, 0.4) is 0 Å². The molecule has 0 amide bonds. The Morgan fingerprint density at radius 1 is 0.857 bits per heavy atom. The van der Waals surface area contributed by atoms with Crippen LogP contribution in [0, 0.1) is 18.2 Å². The normalized spacial score (nSPS) is 11.7. The molecule has 1 rings (SSSR count). The van der Waals surface area contributed by atoms with E-state index in [1.807, 2.05) is 0 Å². The predicted molar refractivity (Wildman–Crippen MR) is 55.9 cm³/mol. The van der Waals surface area contributed by atoms with Crippen molar-refractivity contribution < 1.29 is 15.6 Å². The van der Waals surface area contributed by atoms with Crippen molar-refractivity contribution in [1.82, 2.24) is 9.13 Å². The van der Waals surface area contributed by atoms with Gasteiger partial charge < -0.3 is 0 Å². The first kappa shape index (κ1) is 11.8. The molecule has 3 heteroatoms. The van der Waals surface area contributed by atoms with Crippen LogP contribution in [0.2, 0.25) is 0 Å². The average Bonchev–Trinajstić information content (AvgIpc) is 2.23. The van der Waals surface area contributed by atoms with Crippen molar-refractivity contribution in [2.45, 2.75) is 53.6 Å². The van der Waals surface area contributed by atoms with Gasteiger partial charge in [0.1, 0.15) is 0 Å². The number of hydrogen-bond donors (Lipinski definition) is 0. The zero-order valence-electron chi connectivity index (χ0n) is 9.90. The van der Waals surface area contributed by atoms with Crippen molar-refractivity contribution in [3.05, 3.63) is 15.7 Å². The van der Waals surface area contributed by atoms with E-state index >= 15 is 0 Å². The van der Waals surface area contributed by atoms with Crippen molar-refractivity contribution in [3.8, 4) is 0 Å². The summed E-state index contributed by atoms with van der Waals surface area (Å²) in [7, 11) is 0. The second-order valence-electron chi connectivity index (χ2n) is 4.36. The first-order valence-corrected chi connectivity index (χ1v) is 5.70. The van der Waals surface area contributed by atoms with E-state index in [-0.39, 0.29) is 0 Å². The average molecular weight is 236 g/mol. The monoisotopic (exact) mass is 236 g/mol.